The van der Waals surface area contributed by atoms with E-state index in [1.54, 1.807) is 31.7 Å². The van der Waals surface area contributed by atoms with E-state index in [4.69, 9.17) is 9.47 Å². The van der Waals surface area contributed by atoms with Crippen LogP contribution in [0.1, 0.15) is 27.2 Å². The largest absolute Gasteiger partial charge is 1.00 e. The van der Waals surface area contributed by atoms with Crippen molar-refractivity contribution in [1.82, 2.24) is 0 Å². The molecule has 0 unspecified atom stereocenters. The van der Waals surface area contributed by atoms with Crippen molar-refractivity contribution in [2.24, 2.45) is 0 Å². The first-order valence-electron chi connectivity index (χ1n) is 13.3. The molecule has 8 heteroatoms. The maximum atomic E-state index is 15.1. The van der Waals surface area contributed by atoms with Crippen molar-refractivity contribution >= 4 is 40.9 Å². The third-order valence-electron chi connectivity index (χ3n) is 6.95. The molecule has 5 nitrogen and oxygen atoms in total. The first-order valence-corrected chi connectivity index (χ1v) is 15.1. The van der Waals surface area contributed by atoms with Crippen LogP contribution in [0.4, 0.5) is 14.9 Å². The van der Waals surface area contributed by atoms with Crippen LogP contribution in [0.2, 0.25) is 0 Å². The summed E-state index contributed by atoms with van der Waals surface area (Å²) in [4.78, 5) is 28.0. The molecular weight excluding hydrogens is 604 g/mol. The number of carbonyl (C=O) groups excluding carboxylic acids is 2. The van der Waals surface area contributed by atoms with Crippen LogP contribution >= 0.6 is 7.26 Å². The summed E-state index contributed by atoms with van der Waals surface area (Å²) in [6.07, 6.45) is -0.372. The molecule has 212 valence electrons. The number of carbonyl (C=O) groups is 2. The average molecular weight is 636 g/mol. The van der Waals surface area contributed by atoms with Gasteiger partial charge in [-0.2, -0.15) is 0 Å². The zero-order chi connectivity index (χ0) is 28.3. The molecule has 4 aromatic rings. The summed E-state index contributed by atoms with van der Waals surface area (Å²) in [5.74, 6) is -1.04. The van der Waals surface area contributed by atoms with Gasteiger partial charge in [-0.25, -0.2) is 9.18 Å². The highest BCUT2D eigenvalue weighted by atomic mass is 79.9. The lowest BCUT2D eigenvalue weighted by atomic mass is 10.2. The molecule has 1 aliphatic heterocycles. The quantitative estimate of drug-likeness (QED) is 0.186. The van der Waals surface area contributed by atoms with E-state index < -0.39 is 24.8 Å². The highest BCUT2D eigenvalue weighted by Crippen LogP contribution is 2.62. The molecule has 1 amide bonds. The third-order valence-corrected chi connectivity index (χ3v) is 11.7. The van der Waals surface area contributed by atoms with Crippen molar-refractivity contribution in [2.45, 2.75) is 38.5 Å². The van der Waals surface area contributed by atoms with Crippen LogP contribution in [-0.4, -0.2) is 29.9 Å². The number of benzene rings is 4. The fourth-order valence-electron chi connectivity index (χ4n) is 5.36. The SMILES string of the molecule is CC(C)(C)OC(=O)Oc1ccc(N2CC[C@@H]([P+](c3ccccc3)(c3ccccc3)c3ccccc3)C2=O)cc1F.[Br-]. The van der Waals surface area contributed by atoms with Crippen LogP contribution in [-0.2, 0) is 9.53 Å². The molecule has 0 saturated carbocycles. The van der Waals surface area contributed by atoms with Gasteiger partial charge in [0.15, 0.2) is 17.2 Å². The number of nitrogens with zero attached hydrogens (tertiary/aromatic N) is 1. The Kier molecular flexibility index (Phi) is 9.31. The topological polar surface area (TPSA) is 55.8 Å². The Hall–Kier alpha value is -3.54. The summed E-state index contributed by atoms with van der Waals surface area (Å²) < 4.78 is 25.3. The normalized spacial score (nSPS) is 15.3. The van der Waals surface area contributed by atoms with Gasteiger partial charge in [0.1, 0.15) is 28.8 Å². The fraction of sp³-hybridized carbons (Fsp3) is 0.212. The maximum Gasteiger partial charge on any atom is 0.514 e. The lowest BCUT2D eigenvalue weighted by Crippen LogP contribution is -3.00. The molecule has 5 rings (SSSR count). The van der Waals surface area contributed by atoms with Gasteiger partial charge >= 0.3 is 6.16 Å². The molecule has 1 heterocycles. The van der Waals surface area contributed by atoms with Gasteiger partial charge in [0.25, 0.3) is 5.91 Å². The van der Waals surface area contributed by atoms with Crippen molar-refractivity contribution < 1.29 is 40.4 Å². The van der Waals surface area contributed by atoms with Crippen molar-refractivity contribution in [3.8, 4) is 5.75 Å². The summed E-state index contributed by atoms with van der Waals surface area (Å²) in [7, 11) is -2.45. The van der Waals surface area contributed by atoms with Gasteiger partial charge in [-0.15, -0.1) is 0 Å². The van der Waals surface area contributed by atoms with Crippen LogP contribution in [0.5, 0.6) is 5.75 Å². The Labute approximate surface area is 251 Å². The molecule has 0 N–H and O–H groups in total. The number of amides is 1. The zero-order valence-electron chi connectivity index (χ0n) is 23.2. The predicted octanol–water partition coefficient (Wildman–Crippen LogP) is 3.24. The molecule has 0 bridgehead atoms. The van der Waals surface area contributed by atoms with Crippen LogP contribution < -0.4 is 42.5 Å². The first-order chi connectivity index (χ1) is 19.2. The summed E-state index contributed by atoms with van der Waals surface area (Å²) in [5.41, 5.74) is -0.676. The second-order valence-electron chi connectivity index (χ2n) is 10.7. The summed E-state index contributed by atoms with van der Waals surface area (Å²) >= 11 is 0. The second kappa shape index (κ2) is 12.5. The lowest BCUT2D eigenvalue weighted by Gasteiger charge is -2.32. The smallest absolute Gasteiger partial charge is 0.514 e. The van der Waals surface area contributed by atoms with Crippen molar-refractivity contribution in [1.29, 1.82) is 0 Å². The number of hydrogen-bond donors (Lipinski definition) is 0. The van der Waals surface area contributed by atoms with E-state index in [1.807, 2.05) is 54.6 Å². The zero-order valence-corrected chi connectivity index (χ0v) is 25.6. The first kappa shape index (κ1) is 30.4. The Morgan fingerprint density at radius 3 is 1.76 bits per heavy atom. The van der Waals surface area contributed by atoms with Gasteiger partial charge in [0, 0.05) is 24.7 Å². The second-order valence-corrected chi connectivity index (χ2v) is 14.3. The minimum absolute atomic E-state index is 0. The van der Waals surface area contributed by atoms with Gasteiger partial charge < -0.3 is 31.4 Å². The van der Waals surface area contributed by atoms with E-state index >= 15 is 4.39 Å². The minimum atomic E-state index is -2.45. The molecule has 0 aliphatic carbocycles. The molecule has 1 saturated heterocycles. The Morgan fingerprint density at radius 1 is 0.829 bits per heavy atom. The summed E-state index contributed by atoms with van der Waals surface area (Å²) in [6.45, 7) is 5.55. The molecule has 0 aromatic heterocycles. The molecule has 1 atom stereocenters. The molecule has 4 aromatic carbocycles. The molecule has 0 radical (unpaired) electrons. The van der Waals surface area contributed by atoms with Crippen molar-refractivity contribution in [2.75, 3.05) is 11.4 Å². The number of hydrogen-bond acceptors (Lipinski definition) is 4. The van der Waals surface area contributed by atoms with Gasteiger partial charge in [-0.3, -0.25) is 4.79 Å². The molecule has 1 fully saturated rings. The standard InChI is InChI=1S/C33H32FNO4P.BrH/c1-33(2,3)39-32(37)38-29-20-19-24(23-28(29)34)35-22-21-30(31(35)36)40(25-13-7-4-8-14-25,26-15-9-5-10-16-26)27-17-11-6-12-18-27;/h4-20,23,30H,21-22H2,1-3H3;1H/q+1;/p-1/t30-;/m1./s1. The summed E-state index contributed by atoms with van der Waals surface area (Å²) in [5, 5.41) is 3.37. The van der Waals surface area contributed by atoms with Gasteiger partial charge in [0.05, 0.1) is 0 Å². The van der Waals surface area contributed by atoms with Crippen molar-refractivity contribution in [3.63, 3.8) is 0 Å². The van der Waals surface area contributed by atoms with E-state index in [9.17, 15) is 9.59 Å². The van der Waals surface area contributed by atoms with Crippen molar-refractivity contribution in [3.05, 3.63) is 115 Å². The molecule has 0 spiro atoms. The van der Waals surface area contributed by atoms with Gasteiger partial charge in [-0.1, -0.05) is 54.6 Å². The number of ether oxygens (including phenoxy) is 2. The lowest BCUT2D eigenvalue weighted by molar-refractivity contribution is -0.116. The minimum Gasteiger partial charge on any atom is -1.00 e. The molecule has 1 aliphatic rings. The Bertz CT molecular complexity index is 1400. The van der Waals surface area contributed by atoms with E-state index in [-0.39, 0.29) is 34.3 Å². The highest BCUT2D eigenvalue weighted by molar-refractivity contribution is 7.97. The van der Waals surface area contributed by atoms with Crippen LogP contribution in [0, 0.1) is 5.82 Å². The van der Waals surface area contributed by atoms with Crippen LogP contribution in [0.15, 0.2) is 109 Å². The monoisotopic (exact) mass is 635 g/mol. The third kappa shape index (κ3) is 6.22. The van der Waals surface area contributed by atoms with Crippen LogP contribution in [0.25, 0.3) is 0 Å². The van der Waals surface area contributed by atoms with E-state index in [2.05, 4.69) is 36.4 Å². The number of rotatable bonds is 6. The predicted molar refractivity (Wildman–Crippen MR) is 159 cm³/mol. The molecular formula is C33H32BrFNO4P. The molecule has 41 heavy (non-hydrogen) atoms. The Morgan fingerprint density at radius 2 is 1.32 bits per heavy atom. The Balaban J connectivity index is 0.00000387. The average Bonchev–Trinajstić information content (AvgIpc) is 3.32. The van der Waals surface area contributed by atoms with Gasteiger partial charge in [0.2, 0.25) is 0 Å². The number of anilines is 1. The maximum absolute atomic E-state index is 15.1. The van der Waals surface area contributed by atoms with E-state index in [0.29, 0.717) is 18.7 Å². The fourth-order valence-corrected chi connectivity index (χ4v) is 10.2. The van der Waals surface area contributed by atoms with Crippen LogP contribution in [0.3, 0.4) is 0 Å². The van der Waals surface area contributed by atoms with Gasteiger partial charge in [-0.05, 0) is 69.3 Å². The highest BCUT2D eigenvalue weighted by Gasteiger charge is 2.58. The van der Waals surface area contributed by atoms with E-state index in [1.165, 1.54) is 12.1 Å². The van der Waals surface area contributed by atoms with E-state index in [0.717, 1.165) is 15.9 Å². The summed E-state index contributed by atoms with van der Waals surface area (Å²) in [6, 6.07) is 35.0. The number of halogens is 2.